The van der Waals surface area contributed by atoms with Gasteiger partial charge in [0.25, 0.3) is 0 Å². The van der Waals surface area contributed by atoms with Crippen LogP contribution in [0.25, 0.3) is 0 Å². The summed E-state index contributed by atoms with van der Waals surface area (Å²) in [6.07, 6.45) is 8.89. The van der Waals surface area contributed by atoms with Crippen molar-refractivity contribution in [3.8, 4) is 0 Å². The molecule has 0 saturated carbocycles. The lowest BCUT2D eigenvalue weighted by Crippen LogP contribution is -2.62. The van der Waals surface area contributed by atoms with Crippen LogP contribution in [0.4, 0.5) is 0 Å². The van der Waals surface area contributed by atoms with Crippen molar-refractivity contribution in [2.24, 2.45) is 11.8 Å². The zero-order valence-electron chi connectivity index (χ0n) is 46.8. The normalized spacial score (nSPS) is 38.2. The number of ether oxygens (including phenoxy) is 8. The first-order valence-electron chi connectivity index (χ1n) is 29.2. The van der Waals surface area contributed by atoms with Crippen molar-refractivity contribution in [3.05, 3.63) is 37.0 Å². The van der Waals surface area contributed by atoms with E-state index in [4.69, 9.17) is 51.2 Å². The average molecular weight is 1060 g/mol. The van der Waals surface area contributed by atoms with Crippen LogP contribution in [0.1, 0.15) is 140 Å². The summed E-state index contributed by atoms with van der Waals surface area (Å²) >= 11 is 0. The van der Waals surface area contributed by atoms with Gasteiger partial charge in [-0.3, -0.25) is 0 Å². The van der Waals surface area contributed by atoms with Crippen molar-refractivity contribution in [1.29, 1.82) is 0 Å². The first-order chi connectivity index (χ1) is 34.6. The topological polar surface area (TPSA) is 119 Å². The Kier molecular flexibility index (Phi) is 21.0. The zero-order valence-corrected chi connectivity index (χ0v) is 49.8. The second-order valence-electron chi connectivity index (χ2n) is 23.1. The van der Waals surface area contributed by atoms with E-state index in [0.717, 1.165) is 104 Å². The molecule has 0 aliphatic carbocycles. The Morgan fingerprint density at radius 3 is 1.96 bits per heavy atom. The summed E-state index contributed by atoms with van der Waals surface area (Å²) in [5, 5.41) is 0. The molecule has 0 aromatic heterocycles. The van der Waals surface area contributed by atoms with E-state index in [1.54, 1.807) is 7.11 Å². The number of aldehydes is 1. The molecule has 0 amide bonds. The molecule has 15 heteroatoms. The van der Waals surface area contributed by atoms with E-state index in [0.29, 0.717) is 45.1 Å². The predicted octanol–water partition coefficient (Wildman–Crippen LogP) is 12.2. The van der Waals surface area contributed by atoms with Gasteiger partial charge < -0.3 is 56.0 Å². The minimum Gasteiger partial charge on any atom is -0.414 e. The van der Waals surface area contributed by atoms with E-state index >= 15 is 0 Å². The van der Waals surface area contributed by atoms with Gasteiger partial charge in [-0.25, -0.2) is 0 Å². The van der Waals surface area contributed by atoms with Gasteiger partial charge in [-0.05, 0) is 110 Å². The molecular weight excluding hydrogens is 961 g/mol. The molecule has 0 radical (unpaired) electrons. The molecule has 12 nitrogen and oxygen atoms in total. The molecule has 0 aromatic rings. The lowest BCUT2D eigenvalue weighted by molar-refractivity contribution is -0.271. The number of hydrogen-bond acceptors (Lipinski definition) is 12. The number of carbonyl (C=O) groups is 1. The van der Waals surface area contributed by atoms with Crippen LogP contribution < -0.4 is 0 Å². The van der Waals surface area contributed by atoms with Crippen molar-refractivity contribution in [3.63, 3.8) is 0 Å². The molecule has 8 fully saturated rings. The first kappa shape index (κ1) is 58.8. The highest BCUT2D eigenvalue weighted by Crippen LogP contribution is 2.54. The van der Waals surface area contributed by atoms with Crippen molar-refractivity contribution >= 4 is 31.2 Å². The van der Waals surface area contributed by atoms with Gasteiger partial charge in [-0.1, -0.05) is 88.5 Å². The fourth-order valence-electron chi connectivity index (χ4n) is 14.2. The number of rotatable bonds is 31. The smallest absolute Gasteiger partial charge is 0.192 e. The van der Waals surface area contributed by atoms with E-state index in [2.05, 4.69) is 89.0 Å². The Bertz CT molecular complexity index is 1750. The molecule has 8 aliphatic heterocycles. The molecule has 8 rings (SSSR count). The van der Waals surface area contributed by atoms with Gasteiger partial charge in [0.1, 0.15) is 36.8 Å². The molecule has 0 aromatic carbocycles. The largest absolute Gasteiger partial charge is 0.414 e. The monoisotopic (exact) mass is 1060 g/mol. The maximum atomic E-state index is 12.3. The van der Waals surface area contributed by atoms with Gasteiger partial charge in [0.15, 0.2) is 30.7 Å². The molecule has 0 spiro atoms. The second-order valence-corrected chi connectivity index (χ2v) is 37.3. The molecule has 72 heavy (non-hydrogen) atoms. The van der Waals surface area contributed by atoms with Crippen LogP contribution in [-0.4, -0.2) is 142 Å². The van der Waals surface area contributed by atoms with Gasteiger partial charge in [0, 0.05) is 45.1 Å². The Labute approximate surface area is 439 Å². The summed E-state index contributed by atoms with van der Waals surface area (Å²) in [6, 6.07) is 9.65. The van der Waals surface area contributed by atoms with E-state index in [1.807, 2.05) is 6.08 Å². The Balaban J connectivity index is 0.962. The fourth-order valence-corrected chi connectivity index (χ4v) is 22.5. The highest BCUT2D eigenvalue weighted by molar-refractivity contribution is 6.74. The van der Waals surface area contributed by atoms with Crippen molar-refractivity contribution in [2.45, 2.75) is 292 Å². The number of methoxy groups -OCH3 is 1. The summed E-state index contributed by atoms with van der Waals surface area (Å²) in [5.74, 6) is -0.573. The Hall–Kier alpha value is -0.899. The van der Waals surface area contributed by atoms with Crippen LogP contribution in [0.3, 0.4) is 0 Å². The van der Waals surface area contributed by atoms with Gasteiger partial charge in [0.05, 0.1) is 67.6 Å². The quantitative estimate of drug-likeness (QED) is 0.0374. The number of hydrogen-bond donors (Lipinski definition) is 0. The molecule has 8 heterocycles. The lowest BCUT2D eigenvalue weighted by atomic mass is 9.82. The van der Waals surface area contributed by atoms with Gasteiger partial charge in [0.2, 0.25) is 0 Å². The number of carbonyl (C=O) groups excluding carboxylic acids is 1. The molecule has 8 aliphatic rings. The van der Waals surface area contributed by atoms with Crippen LogP contribution in [0.2, 0.25) is 54.4 Å². The standard InChI is InChI=1S/C57H100O12Si3/c1-15-25-46-53(69-72(22-8,23-9)24-10)56-55-54(64-46)52-50(65-55)36-57(66-52,67-56)30-28-42-33-39(12)45(61-42)27-26-41-32-38(11)40(13)47(62-41)35-48-44(29-31-58)51(59-14)49(63-48)34-43(68-71(19-5,20-6)21-7)37-60-70(16-2,17-3)18-4/h15,31,38,41-56H,1,12-13,16-30,32-37H2,2-11,14H3/t38-,41?,42?,43?,44?,45+,46+,47?,48+,49-,50-,51-,52?,53?,54+,55?,56?,57+/m1/s1. The van der Waals surface area contributed by atoms with Gasteiger partial charge in [-0.2, -0.15) is 0 Å². The van der Waals surface area contributed by atoms with E-state index in [1.165, 1.54) is 0 Å². The maximum absolute atomic E-state index is 12.3. The van der Waals surface area contributed by atoms with Crippen molar-refractivity contribution in [1.82, 2.24) is 0 Å². The van der Waals surface area contributed by atoms with E-state index < -0.39 is 30.7 Å². The molecule has 9 unspecified atom stereocenters. The van der Waals surface area contributed by atoms with Crippen LogP contribution in [0.15, 0.2) is 37.0 Å². The summed E-state index contributed by atoms with van der Waals surface area (Å²) in [6.45, 7) is 36.6. The SMILES string of the molecule is C=CC[C@@H]1O[C@@H]2C3O[C@@H]4C[C@](CCC5CC(=C)[C@H](CCC6C[C@@H](C)C(=C)C(C[C@@H]7O[C@H](CC(CO[Si](CC)(CC)CC)O[Si](CC)(CC)CC)[C@H](OC)C7CC=O)O6)O5)(OC3C1O[Si](CC)(CC)CC)OC24. The molecule has 6 bridgehead atoms. The zero-order chi connectivity index (χ0) is 52.0. The van der Waals surface area contributed by atoms with Crippen molar-refractivity contribution in [2.75, 3.05) is 13.7 Å². The van der Waals surface area contributed by atoms with Crippen LogP contribution in [0, 0.1) is 11.8 Å². The van der Waals surface area contributed by atoms with Crippen LogP contribution in [-0.2, 0) is 56.0 Å². The summed E-state index contributed by atoms with van der Waals surface area (Å²) in [7, 11) is -4.07. The van der Waals surface area contributed by atoms with Crippen LogP contribution in [0.5, 0.6) is 0 Å². The minimum atomic E-state index is -2.00. The third-order valence-corrected chi connectivity index (χ3v) is 33.6. The predicted molar refractivity (Wildman–Crippen MR) is 292 cm³/mol. The fraction of sp³-hybridized carbons (Fsp3) is 0.877. The van der Waals surface area contributed by atoms with E-state index in [-0.39, 0.29) is 103 Å². The molecule has 0 N–H and O–H groups in total. The second kappa shape index (κ2) is 25.7. The third kappa shape index (κ3) is 12.5. The minimum absolute atomic E-state index is 0.0317. The molecule has 8 saturated heterocycles. The molecular formula is C57H100O12Si3. The average Bonchev–Trinajstić information content (AvgIpc) is 4.08. The first-order valence-corrected chi connectivity index (χ1v) is 36.8. The van der Waals surface area contributed by atoms with Crippen molar-refractivity contribution < 1.29 is 56.0 Å². The summed E-state index contributed by atoms with van der Waals surface area (Å²) < 4.78 is 76.3. The van der Waals surface area contributed by atoms with E-state index in [9.17, 15) is 4.79 Å². The highest BCUT2D eigenvalue weighted by atomic mass is 28.4. The molecule has 18 atom stereocenters. The third-order valence-electron chi connectivity index (χ3n) is 19.6. The van der Waals surface area contributed by atoms with Gasteiger partial charge >= 0.3 is 0 Å². The summed E-state index contributed by atoms with van der Waals surface area (Å²) in [5.41, 5.74) is 2.25. The maximum Gasteiger partial charge on any atom is 0.192 e. The van der Waals surface area contributed by atoms with Crippen LogP contribution >= 0.6 is 0 Å². The Morgan fingerprint density at radius 1 is 0.694 bits per heavy atom. The lowest BCUT2D eigenvalue weighted by Gasteiger charge is -2.47. The highest BCUT2D eigenvalue weighted by Gasteiger charge is 2.68. The summed E-state index contributed by atoms with van der Waals surface area (Å²) in [4.78, 5) is 12.3. The Morgan fingerprint density at radius 2 is 1.33 bits per heavy atom. The van der Waals surface area contributed by atoms with Gasteiger partial charge in [-0.15, -0.1) is 6.58 Å². The molecule has 412 valence electrons.